The molecule has 2 heterocycles. The maximum atomic E-state index is 12.8. The fraction of sp³-hybridized carbons (Fsp3) is 0.269. The van der Waals surface area contributed by atoms with Crippen molar-refractivity contribution in [3.63, 3.8) is 0 Å². The first-order valence-electron chi connectivity index (χ1n) is 10.7. The molecule has 1 fully saturated rings. The van der Waals surface area contributed by atoms with Crippen LogP contribution in [0.5, 0.6) is 0 Å². The third kappa shape index (κ3) is 3.84. The van der Waals surface area contributed by atoms with E-state index in [9.17, 15) is 9.59 Å². The summed E-state index contributed by atoms with van der Waals surface area (Å²) < 4.78 is 1.97. The van der Waals surface area contributed by atoms with E-state index < -0.39 is 0 Å². The monoisotopic (exact) mass is 428 g/mol. The number of aromatic nitrogens is 1. The molecule has 0 atom stereocenters. The molecular formula is C26H28N4O2. The maximum absolute atomic E-state index is 12.8. The van der Waals surface area contributed by atoms with E-state index >= 15 is 0 Å². The molecule has 0 unspecified atom stereocenters. The zero-order valence-corrected chi connectivity index (χ0v) is 18.7. The number of hydrogen-bond donors (Lipinski definition) is 2. The first-order chi connectivity index (χ1) is 15.3. The lowest BCUT2D eigenvalue weighted by Gasteiger charge is -2.38. The highest BCUT2D eigenvalue weighted by Crippen LogP contribution is 2.36. The highest BCUT2D eigenvalue weighted by Gasteiger charge is 2.30. The van der Waals surface area contributed by atoms with Crippen molar-refractivity contribution in [3.05, 3.63) is 71.4 Å². The third-order valence-electron chi connectivity index (χ3n) is 6.17. The van der Waals surface area contributed by atoms with Crippen molar-refractivity contribution in [2.24, 2.45) is 0 Å². The molecule has 2 aromatic carbocycles. The second-order valence-electron chi connectivity index (χ2n) is 8.54. The van der Waals surface area contributed by atoms with Crippen LogP contribution in [-0.4, -0.2) is 46.6 Å². The number of amides is 2. The zero-order chi connectivity index (χ0) is 23.0. The summed E-state index contributed by atoms with van der Waals surface area (Å²) in [5.41, 5.74) is 7.24. The Morgan fingerprint density at radius 3 is 2.56 bits per heavy atom. The Morgan fingerprint density at radius 1 is 1.16 bits per heavy atom. The van der Waals surface area contributed by atoms with Gasteiger partial charge in [-0.1, -0.05) is 30.3 Å². The van der Waals surface area contributed by atoms with Crippen LogP contribution in [-0.2, 0) is 16.1 Å². The van der Waals surface area contributed by atoms with E-state index in [-0.39, 0.29) is 24.4 Å². The van der Waals surface area contributed by atoms with Gasteiger partial charge in [-0.2, -0.15) is 0 Å². The van der Waals surface area contributed by atoms with Crippen LogP contribution in [0.15, 0.2) is 49.2 Å². The lowest BCUT2D eigenvalue weighted by atomic mass is 9.92. The number of carbonyl (C=O) groups excluding carboxylic acids is 2. The average molecular weight is 429 g/mol. The quantitative estimate of drug-likeness (QED) is 0.463. The van der Waals surface area contributed by atoms with Crippen LogP contribution >= 0.6 is 0 Å². The van der Waals surface area contributed by atoms with Crippen molar-refractivity contribution >= 4 is 28.9 Å². The van der Waals surface area contributed by atoms with E-state index in [1.165, 1.54) is 12.3 Å². The van der Waals surface area contributed by atoms with Crippen molar-refractivity contribution in [2.75, 3.05) is 13.1 Å². The SMILES string of the molecule is C=CC(=O)N1CC(NC(=O)Cn2cc(-c3c(C)ccc(C)c3C=N)c3cc(C)ccc32)C1. The van der Waals surface area contributed by atoms with Gasteiger partial charge < -0.3 is 20.2 Å². The molecule has 6 nitrogen and oxygen atoms in total. The Labute approximate surface area is 188 Å². The van der Waals surface area contributed by atoms with E-state index in [1.54, 1.807) is 4.90 Å². The molecule has 164 valence electrons. The Kier molecular flexibility index (Phi) is 5.70. The topological polar surface area (TPSA) is 78.2 Å². The van der Waals surface area contributed by atoms with Crippen LogP contribution < -0.4 is 5.32 Å². The minimum absolute atomic E-state index is 0.0292. The minimum atomic E-state index is -0.109. The Morgan fingerprint density at radius 2 is 1.88 bits per heavy atom. The third-order valence-corrected chi connectivity index (χ3v) is 6.17. The number of rotatable bonds is 6. The predicted molar refractivity (Wildman–Crippen MR) is 128 cm³/mol. The summed E-state index contributed by atoms with van der Waals surface area (Å²) >= 11 is 0. The van der Waals surface area contributed by atoms with E-state index in [0.717, 1.165) is 44.3 Å². The first kappa shape index (κ1) is 21.6. The van der Waals surface area contributed by atoms with Gasteiger partial charge in [0.05, 0.1) is 6.04 Å². The maximum Gasteiger partial charge on any atom is 0.246 e. The van der Waals surface area contributed by atoms with Crippen molar-refractivity contribution < 1.29 is 9.59 Å². The molecule has 1 saturated heterocycles. The lowest BCUT2D eigenvalue weighted by molar-refractivity contribution is -0.133. The fourth-order valence-electron chi connectivity index (χ4n) is 4.42. The number of carbonyl (C=O) groups is 2. The second kappa shape index (κ2) is 8.46. The molecule has 0 bridgehead atoms. The van der Waals surface area contributed by atoms with E-state index in [0.29, 0.717) is 13.1 Å². The molecule has 6 heteroatoms. The fourth-order valence-corrected chi connectivity index (χ4v) is 4.42. The molecule has 1 aliphatic heterocycles. The summed E-state index contributed by atoms with van der Waals surface area (Å²) in [5.74, 6) is -0.194. The lowest BCUT2D eigenvalue weighted by Crippen LogP contribution is -2.61. The van der Waals surface area contributed by atoms with Crippen molar-refractivity contribution in [3.8, 4) is 11.1 Å². The van der Waals surface area contributed by atoms with Crippen LogP contribution in [0.2, 0.25) is 0 Å². The number of nitrogens with one attached hydrogen (secondary N) is 2. The van der Waals surface area contributed by atoms with E-state index in [4.69, 9.17) is 5.41 Å². The molecule has 3 aromatic rings. The Hall–Kier alpha value is -3.67. The molecule has 0 saturated carbocycles. The normalized spacial score (nSPS) is 13.7. The van der Waals surface area contributed by atoms with Gasteiger partial charge in [0.2, 0.25) is 11.8 Å². The Bertz CT molecular complexity index is 1250. The van der Waals surface area contributed by atoms with Crippen LogP contribution in [0.1, 0.15) is 22.3 Å². The van der Waals surface area contributed by atoms with Gasteiger partial charge in [0, 0.05) is 47.5 Å². The minimum Gasteiger partial charge on any atom is -0.348 e. The van der Waals surface area contributed by atoms with Crippen molar-refractivity contribution in [1.29, 1.82) is 5.41 Å². The van der Waals surface area contributed by atoms with Gasteiger partial charge in [0.15, 0.2) is 0 Å². The summed E-state index contributed by atoms with van der Waals surface area (Å²) in [6.45, 7) is 10.8. The predicted octanol–water partition coefficient (Wildman–Crippen LogP) is 3.74. The van der Waals surface area contributed by atoms with Gasteiger partial charge in [-0.3, -0.25) is 9.59 Å². The summed E-state index contributed by atoms with van der Waals surface area (Å²) in [6.07, 6.45) is 4.73. The van der Waals surface area contributed by atoms with Crippen LogP contribution in [0.4, 0.5) is 0 Å². The number of benzene rings is 2. The summed E-state index contributed by atoms with van der Waals surface area (Å²) in [7, 11) is 0. The molecule has 1 aromatic heterocycles. The van der Waals surface area contributed by atoms with Gasteiger partial charge >= 0.3 is 0 Å². The first-order valence-corrected chi connectivity index (χ1v) is 10.7. The molecule has 2 amide bonds. The number of fused-ring (bicyclic) bond motifs is 1. The summed E-state index contributed by atoms with van der Waals surface area (Å²) in [5, 5.41) is 12.1. The smallest absolute Gasteiger partial charge is 0.246 e. The number of likely N-dealkylation sites (tertiary alicyclic amines) is 1. The number of nitrogens with zero attached hydrogens (tertiary/aromatic N) is 2. The molecule has 1 aliphatic rings. The van der Waals surface area contributed by atoms with E-state index in [1.807, 2.05) is 35.9 Å². The summed E-state index contributed by atoms with van der Waals surface area (Å²) in [4.78, 5) is 26.0. The molecule has 2 N–H and O–H groups in total. The van der Waals surface area contributed by atoms with Crippen LogP contribution in [0, 0.1) is 26.2 Å². The number of aryl methyl sites for hydroxylation is 3. The highest BCUT2D eigenvalue weighted by atomic mass is 16.2. The standard InChI is InChI=1S/C26H28N4O2/c1-5-25(32)30-12-19(13-30)28-24(31)15-29-14-22(20-10-16(2)6-9-23(20)29)26-18(4)8-7-17(3)21(26)11-27/h5-11,14,19,27H,1,12-13,15H2,2-4H3,(H,28,31). The van der Waals surface area contributed by atoms with Gasteiger partial charge in [-0.15, -0.1) is 0 Å². The molecule has 0 aliphatic carbocycles. The van der Waals surface area contributed by atoms with Gasteiger partial charge in [-0.05, 0) is 55.7 Å². The molecule has 32 heavy (non-hydrogen) atoms. The Balaban J connectivity index is 1.66. The van der Waals surface area contributed by atoms with Gasteiger partial charge in [-0.25, -0.2) is 0 Å². The van der Waals surface area contributed by atoms with Gasteiger partial charge in [0.1, 0.15) is 6.54 Å². The molecule has 0 radical (unpaired) electrons. The highest BCUT2D eigenvalue weighted by molar-refractivity contribution is 6.03. The van der Waals surface area contributed by atoms with Crippen molar-refractivity contribution in [2.45, 2.75) is 33.4 Å². The largest absolute Gasteiger partial charge is 0.348 e. The van der Waals surface area contributed by atoms with Crippen molar-refractivity contribution in [1.82, 2.24) is 14.8 Å². The van der Waals surface area contributed by atoms with Gasteiger partial charge in [0.25, 0.3) is 0 Å². The van der Waals surface area contributed by atoms with Crippen LogP contribution in [0.25, 0.3) is 22.0 Å². The molecular weight excluding hydrogens is 400 g/mol. The average Bonchev–Trinajstić information content (AvgIpc) is 3.08. The molecule has 0 spiro atoms. The number of hydrogen-bond acceptors (Lipinski definition) is 3. The van der Waals surface area contributed by atoms with Crippen LogP contribution in [0.3, 0.4) is 0 Å². The molecule has 4 rings (SSSR count). The summed E-state index contributed by atoms with van der Waals surface area (Å²) in [6, 6.07) is 10.3. The zero-order valence-electron chi connectivity index (χ0n) is 18.7. The second-order valence-corrected chi connectivity index (χ2v) is 8.54. The van der Waals surface area contributed by atoms with E-state index in [2.05, 4.69) is 37.9 Å².